The molecule has 0 atom stereocenters. The Morgan fingerprint density at radius 1 is 0.789 bits per heavy atom. The molecule has 19 heavy (non-hydrogen) atoms. The fraction of sp³-hybridized carbons (Fsp3) is 0.778. The van der Waals surface area contributed by atoms with Gasteiger partial charge < -0.3 is 0 Å². The highest BCUT2D eigenvalue weighted by Crippen LogP contribution is 1.95. The van der Waals surface area contributed by atoms with Crippen molar-refractivity contribution in [3.8, 4) is 12.1 Å². The fourth-order valence-corrected chi connectivity index (χ4v) is 4.29. The van der Waals surface area contributed by atoms with Gasteiger partial charge in [0.1, 0.15) is 0 Å². The third kappa shape index (κ3) is 10.4. The molecule has 0 bridgehead atoms. The molecular weight excluding hydrogens is 292 g/mol. The van der Waals surface area contributed by atoms with Crippen LogP contribution in [0.3, 0.4) is 0 Å². The van der Waals surface area contributed by atoms with Crippen LogP contribution in [0, 0.1) is 22.7 Å². The summed E-state index contributed by atoms with van der Waals surface area (Å²) in [7, 11) is -7.87. The molecule has 0 spiro atoms. The molecule has 0 aromatic heterocycles. The molecule has 2 N–H and O–H groups in total. The number of rotatable bonds is 10. The predicted molar refractivity (Wildman–Crippen MR) is 68.4 cm³/mol. The standard InChI is InChI=1S/C9H16N4O4S2/c10-5-1-3-7-12-18(14,15)9-19(16,17)13-8-4-2-6-11/h12-13H,1-4,7-9H2. The minimum absolute atomic E-state index is 0.0276. The summed E-state index contributed by atoms with van der Waals surface area (Å²) >= 11 is 0. The summed E-state index contributed by atoms with van der Waals surface area (Å²) in [5.41, 5.74) is 0. The largest absolute Gasteiger partial charge is 0.227 e. The van der Waals surface area contributed by atoms with E-state index in [-0.39, 0.29) is 25.9 Å². The topological polar surface area (TPSA) is 140 Å². The monoisotopic (exact) mass is 308 g/mol. The number of nitrogens with zero attached hydrogens (tertiary/aromatic N) is 2. The Morgan fingerprint density at radius 2 is 1.16 bits per heavy atom. The van der Waals surface area contributed by atoms with Crippen molar-refractivity contribution < 1.29 is 16.8 Å². The summed E-state index contributed by atoms with van der Waals surface area (Å²) in [4.78, 5) is 0. The van der Waals surface area contributed by atoms with Crippen molar-refractivity contribution in [3.63, 3.8) is 0 Å². The van der Waals surface area contributed by atoms with Gasteiger partial charge in [-0.2, -0.15) is 10.5 Å². The molecular formula is C9H16N4O4S2. The van der Waals surface area contributed by atoms with E-state index < -0.39 is 25.1 Å². The zero-order valence-electron chi connectivity index (χ0n) is 10.3. The second-order valence-corrected chi connectivity index (χ2v) is 7.64. The molecule has 10 heteroatoms. The lowest BCUT2D eigenvalue weighted by Crippen LogP contribution is -2.36. The van der Waals surface area contributed by atoms with Gasteiger partial charge >= 0.3 is 0 Å². The highest BCUT2D eigenvalue weighted by molar-refractivity contribution is 8.06. The summed E-state index contributed by atoms with van der Waals surface area (Å²) in [6.45, 7) is 0.0552. The van der Waals surface area contributed by atoms with E-state index in [0.29, 0.717) is 12.8 Å². The molecule has 0 aromatic rings. The Kier molecular flexibility index (Phi) is 8.27. The number of unbranched alkanes of at least 4 members (excludes halogenated alkanes) is 2. The maximum absolute atomic E-state index is 11.4. The minimum Gasteiger partial charge on any atom is -0.214 e. The lowest BCUT2D eigenvalue weighted by atomic mass is 10.3. The summed E-state index contributed by atoms with van der Waals surface area (Å²) in [5, 5.41) is 15.5. The second-order valence-electron chi connectivity index (χ2n) is 3.66. The summed E-state index contributed by atoms with van der Waals surface area (Å²) in [5.74, 6) is 0. The van der Waals surface area contributed by atoms with Gasteiger partial charge in [-0.05, 0) is 12.8 Å². The Hall–Kier alpha value is -1.20. The molecule has 0 aliphatic rings. The lowest BCUT2D eigenvalue weighted by molar-refractivity contribution is 0.571. The first-order valence-corrected chi connectivity index (χ1v) is 8.82. The number of hydrogen-bond acceptors (Lipinski definition) is 6. The van der Waals surface area contributed by atoms with Gasteiger partial charge in [0.25, 0.3) is 0 Å². The summed E-state index contributed by atoms with van der Waals surface area (Å²) in [6, 6.07) is 3.70. The van der Waals surface area contributed by atoms with Gasteiger partial charge in [-0.3, -0.25) is 0 Å². The van der Waals surface area contributed by atoms with Gasteiger partial charge in [0.15, 0.2) is 5.08 Å². The van der Waals surface area contributed by atoms with Crippen molar-refractivity contribution in [2.45, 2.75) is 25.7 Å². The molecule has 0 aliphatic carbocycles. The molecule has 0 unspecified atom stereocenters. The fourth-order valence-electron chi connectivity index (χ4n) is 1.08. The van der Waals surface area contributed by atoms with E-state index in [9.17, 15) is 16.8 Å². The first-order valence-electron chi connectivity index (χ1n) is 5.51. The van der Waals surface area contributed by atoms with Crippen LogP contribution in [0.15, 0.2) is 0 Å². The van der Waals surface area contributed by atoms with Gasteiger partial charge in [0.2, 0.25) is 20.0 Å². The van der Waals surface area contributed by atoms with Gasteiger partial charge in [0, 0.05) is 25.9 Å². The van der Waals surface area contributed by atoms with Crippen LogP contribution < -0.4 is 9.44 Å². The van der Waals surface area contributed by atoms with E-state index in [1.54, 1.807) is 0 Å². The van der Waals surface area contributed by atoms with E-state index in [1.165, 1.54) is 0 Å². The van der Waals surface area contributed by atoms with Gasteiger partial charge in [-0.15, -0.1) is 0 Å². The van der Waals surface area contributed by atoms with E-state index in [1.807, 2.05) is 12.1 Å². The summed E-state index contributed by atoms with van der Waals surface area (Å²) < 4.78 is 49.9. The van der Waals surface area contributed by atoms with Crippen LogP contribution in [0.2, 0.25) is 0 Å². The van der Waals surface area contributed by atoms with Crippen LogP contribution in [-0.4, -0.2) is 35.0 Å². The van der Waals surface area contributed by atoms with Crippen molar-refractivity contribution in [3.05, 3.63) is 0 Å². The van der Waals surface area contributed by atoms with E-state index in [0.717, 1.165) is 0 Å². The number of sulfonamides is 2. The Morgan fingerprint density at radius 3 is 1.47 bits per heavy atom. The lowest BCUT2D eigenvalue weighted by Gasteiger charge is -2.07. The van der Waals surface area contributed by atoms with Crippen molar-refractivity contribution in [1.82, 2.24) is 9.44 Å². The number of hydrogen-bond donors (Lipinski definition) is 2. The summed E-state index contributed by atoms with van der Waals surface area (Å²) in [6.07, 6.45) is 1.04. The molecule has 0 heterocycles. The molecule has 0 saturated heterocycles. The molecule has 0 fully saturated rings. The first-order chi connectivity index (χ1) is 8.83. The highest BCUT2D eigenvalue weighted by Gasteiger charge is 2.20. The van der Waals surface area contributed by atoms with Crippen LogP contribution in [-0.2, 0) is 20.0 Å². The second kappa shape index (κ2) is 8.82. The van der Waals surface area contributed by atoms with Gasteiger partial charge in [-0.25, -0.2) is 26.3 Å². The Balaban J connectivity index is 4.17. The van der Waals surface area contributed by atoms with Crippen molar-refractivity contribution >= 4 is 20.0 Å². The zero-order valence-corrected chi connectivity index (χ0v) is 11.9. The normalized spacial score (nSPS) is 11.7. The third-order valence-corrected chi connectivity index (χ3v) is 5.66. The third-order valence-electron chi connectivity index (χ3n) is 1.88. The first kappa shape index (κ1) is 17.8. The van der Waals surface area contributed by atoms with E-state index in [2.05, 4.69) is 9.44 Å². The van der Waals surface area contributed by atoms with Crippen LogP contribution in [0.4, 0.5) is 0 Å². The van der Waals surface area contributed by atoms with Crippen LogP contribution in [0.1, 0.15) is 25.7 Å². The van der Waals surface area contributed by atoms with Gasteiger partial charge in [-0.1, -0.05) is 0 Å². The Bertz CT molecular complexity index is 492. The average Bonchev–Trinajstić information content (AvgIpc) is 2.29. The molecule has 0 saturated carbocycles. The van der Waals surface area contributed by atoms with E-state index >= 15 is 0 Å². The molecule has 8 nitrogen and oxygen atoms in total. The van der Waals surface area contributed by atoms with Crippen molar-refractivity contribution in [2.75, 3.05) is 18.2 Å². The molecule has 0 rings (SSSR count). The zero-order chi connectivity index (χ0) is 14.8. The average molecular weight is 308 g/mol. The van der Waals surface area contributed by atoms with Crippen LogP contribution in [0.25, 0.3) is 0 Å². The van der Waals surface area contributed by atoms with Crippen molar-refractivity contribution in [1.29, 1.82) is 10.5 Å². The predicted octanol–water partition coefficient (Wildman–Crippen LogP) is -0.610. The maximum Gasteiger partial charge on any atom is 0.227 e. The number of nitrogens with one attached hydrogen (secondary N) is 2. The smallest absolute Gasteiger partial charge is 0.214 e. The molecule has 0 aliphatic heterocycles. The van der Waals surface area contributed by atoms with Crippen LogP contribution >= 0.6 is 0 Å². The Labute approximate surface area is 113 Å². The number of nitriles is 2. The molecule has 108 valence electrons. The molecule has 0 radical (unpaired) electrons. The SMILES string of the molecule is N#CCCCNS(=O)(=O)CS(=O)(=O)NCCCC#N. The minimum atomic E-state index is -3.94. The van der Waals surface area contributed by atoms with Crippen LogP contribution in [0.5, 0.6) is 0 Å². The van der Waals surface area contributed by atoms with Gasteiger partial charge in [0.05, 0.1) is 12.1 Å². The quantitative estimate of drug-likeness (QED) is 0.516. The maximum atomic E-state index is 11.4. The molecule has 0 aromatic carbocycles. The highest BCUT2D eigenvalue weighted by atomic mass is 32.3. The van der Waals surface area contributed by atoms with Crippen molar-refractivity contribution in [2.24, 2.45) is 0 Å². The molecule has 0 amide bonds. The van der Waals surface area contributed by atoms with E-state index in [4.69, 9.17) is 10.5 Å².